The van der Waals surface area contributed by atoms with Crippen molar-refractivity contribution in [2.75, 3.05) is 65.9 Å². The van der Waals surface area contributed by atoms with E-state index in [0.29, 0.717) is 0 Å². The molecular weight excluding hydrogens is 564 g/mol. The number of carbonyl (C=O) groups is 5. The van der Waals surface area contributed by atoms with E-state index in [1.54, 1.807) is 0 Å². The molecule has 1 aromatic carbocycles. The van der Waals surface area contributed by atoms with E-state index in [4.69, 9.17) is 28.8 Å². The zero-order valence-corrected chi connectivity index (χ0v) is 23.2. The van der Waals surface area contributed by atoms with Crippen LogP contribution in [0.2, 0.25) is 0 Å². The van der Waals surface area contributed by atoms with Crippen LogP contribution in [0.25, 0.3) is 0 Å². The molecule has 1 aromatic rings. The molecule has 0 unspecified atom stereocenters. The molecule has 0 heterocycles. The van der Waals surface area contributed by atoms with Crippen LogP contribution in [-0.4, -0.2) is 112 Å². The Kier molecular flexibility index (Phi) is 18.4. The number of esters is 1. The molecule has 0 aromatic heterocycles. The largest absolute Gasteiger partial charge is 0.480 e. The van der Waals surface area contributed by atoms with Gasteiger partial charge in [0.25, 0.3) is 5.69 Å². The molecule has 4 N–H and O–H groups in total. The van der Waals surface area contributed by atoms with Gasteiger partial charge in [-0.3, -0.25) is 24.5 Å². The Morgan fingerprint density at radius 3 is 1.93 bits per heavy atom. The maximum Gasteiger partial charge on any atom is 0.337 e. The third kappa shape index (κ3) is 18.2. The van der Waals surface area contributed by atoms with Crippen molar-refractivity contribution in [3.8, 4) is 5.75 Å². The van der Waals surface area contributed by atoms with Crippen molar-refractivity contribution in [1.82, 2.24) is 16.0 Å². The highest BCUT2D eigenvalue weighted by molar-refractivity contribution is 5.83. The lowest BCUT2D eigenvalue weighted by atomic mass is 10.1. The topological polar surface area (TPSA) is 231 Å². The van der Waals surface area contributed by atoms with Gasteiger partial charge in [0, 0.05) is 38.6 Å². The Morgan fingerprint density at radius 1 is 0.833 bits per heavy atom. The second-order valence-electron chi connectivity index (χ2n) is 8.38. The van der Waals surface area contributed by atoms with E-state index < -0.39 is 28.8 Å². The highest BCUT2D eigenvalue weighted by atomic mass is 16.6. The molecule has 0 saturated heterocycles. The van der Waals surface area contributed by atoms with Gasteiger partial charge >= 0.3 is 11.9 Å². The predicted molar refractivity (Wildman–Crippen MR) is 143 cm³/mol. The van der Waals surface area contributed by atoms with Crippen LogP contribution in [0.5, 0.6) is 5.75 Å². The van der Waals surface area contributed by atoms with Crippen LogP contribution in [-0.2, 0) is 42.9 Å². The van der Waals surface area contributed by atoms with E-state index in [2.05, 4.69) is 16.0 Å². The minimum Gasteiger partial charge on any atom is -0.480 e. The SMILES string of the molecule is CC(=O)N[C@@H](CCC(=O)NCCOCCOCC(=O)NCCOCCOCC(=O)Oc1ccc([N+](=O)[O-])cc1)C(=O)O. The van der Waals surface area contributed by atoms with Crippen molar-refractivity contribution < 1.29 is 57.7 Å². The number of ether oxygens (including phenoxy) is 5. The molecule has 0 aliphatic heterocycles. The fourth-order valence-corrected chi connectivity index (χ4v) is 3.00. The number of hydrogen-bond acceptors (Lipinski definition) is 12. The number of aliphatic carboxylic acids is 1. The van der Waals surface area contributed by atoms with Crippen LogP contribution in [0.1, 0.15) is 19.8 Å². The van der Waals surface area contributed by atoms with Crippen LogP contribution in [0.15, 0.2) is 24.3 Å². The lowest BCUT2D eigenvalue weighted by Crippen LogP contribution is -2.40. The van der Waals surface area contributed by atoms with Crippen molar-refractivity contribution in [2.45, 2.75) is 25.8 Å². The van der Waals surface area contributed by atoms with E-state index in [-0.39, 0.29) is 102 Å². The molecule has 0 radical (unpaired) electrons. The van der Waals surface area contributed by atoms with Gasteiger partial charge in [-0.05, 0) is 18.6 Å². The number of nitro groups is 1. The van der Waals surface area contributed by atoms with Crippen molar-refractivity contribution in [3.05, 3.63) is 34.4 Å². The molecule has 3 amide bonds. The molecule has 17 heteroatoms. The van der Waals surface area contributed by atoms with Gasteiger partial charge in [-0.15, -0.1) is 0 Å². The first-order chi connectivity index (χ1) is 20.1. The maximum absolute atomic E-state index is 11.8. The fraction of sp³-hybridized carbons (Fsp3) is 0.560. The smallest absolute Gasteiger partial charge is 0.337 e. The van der Waals surface area contributed by atoms with Gasteiger partial charge in [0.2, 0.25) is 17.7 Å². The number of nitrogens with one attached hydrogen (secondary N) is 3. The summed E-state index contributed by atoms with van der Waals surface area (Å²) >= 11 is 0. The number of amides is 3. The molecule has 0 spiro atoms. The Bertz CT molecular complexity index is 1020. The van der Waals surface area contributed by atoms with Crippen LogP contribution >= 0.6 is 0 Å². The van der Waals surface area contributed by atoms with Crippen molar-refractivity contribution in [1.29, 1.82) is 0 Å². The average Bonchev–Trinajstić information content (AvgIpc) is 2.93. The van der Waals surface area contributed by atoms with E-state index >= 15 is 0 Å². The summed E-state index contributed by atoms with van der Waals surface area (Å²) in [5, 5.41) is 27.0. The standard InChI is InChI=1S/C25H36N4O13/c1-18(30)28-21(25(34)35)6-7-22(31)26-8-10-38-12-14-40-16-23(32)27-9-11-39-13-15-41-17-24(33)42-20-4-2-19(3-5-20)29(36)37/h2-5,21H,6-17H2,1H3,(H,26,31)(H,27,32)(H,28,30)(H,34,35)/t21-/m0/s1. The van der Waals surface area contributed by atoms with Gasteiger partial charge in [0.05, 0.1) is 44.6 Å². The quantitative estimate of drug-likeness (QED) is 0.0395. The van der Waals surface area contributed by atoms with Gasteiger partial charge in [-0.1, -0.05) is 0 Å². The normalized spacial score (nSPS) is 11.3. The summed E-state index contributed by atoms with van der Waals surface area (Å²) in [4.78, 5) is 67.2. The van der Waals surface area contributed by atoms with Gasteiger partial charge in [-0.2, -0.15) is 0 Å². The first-order valence-corrected chi connectivity index (χ1v) is 12.9. The number of carboxylic acid groups (broad SMARTS) is 1. The first-order valence-electron chi connectivity index (χ1n) is 12.9. The number of nitro benzene ring substituents is 1. The molecule has 0 bridgehead atoms. The summed E-state index contributed by atoms with van der Waals surface area (Å²) in [6, 6.07) is 3.92. The fourth-order valence-electron chi connectivity index (χ4n) is 3.00. The summed E-state index contributed by atoms with van der Waals surface area (Å²) in [7, 11) is 0. The number of rotatable bonds is 23. The third-order valence-electron chi connectivity index (χ3n) is 4.95. The number of benzene rings is 1. The molecule has 1 rings (SSSR count). The first kappa shape index (κ1) is 35.8. The van der Waals surface area contributed by atoms with Gasteiger partial charge in [0.15, 0.2) is 0 Å². The van der Waals surface area contributed by atoms with E-state index in [1.165, 1.54) is 31.2 Å². The second-order valence-corrected chi connectivity index (χ2v) is 8.38. The number of nitrogens with zero attached hydrogens (tertiary/aromatic N) is 1. The molecule has 234 valence electrons. The minimum atomic E-state index is -1.21. The third-order valence-corrected chi connectivity index (χ3v) is 4.95. The number of carbonyl (C=O) groups excluding carboxylic acids is 4. The lowest BCUT2D eigenvalue weighted by Gasteiger charge is -2.13. The number of non-ortho nitro benzene ring substituents is 1. The molecule has 0 aliphatic carbocycles. The molecular formula is C25H36N4O13. The Hall–Kier alpha value is -4.19. The van der Waals surface area contributed by atoms with Crippen molar-refractivity contribution in [3.63, 3.8) is 0 Å². The highest BCUT2D eigenvalue weighted by Crippen LogP contribution is 2.17. The van der Waals surface area contributed by atoms with Crippen molar-refractivity contribution in [2.24, 2.45) is 0 Å². The van der Waals surface area contributed by atoms with Crippen LogP contribution in [0, 0.1) is 10.1 Å². The average molecular weight is 601 g/mol. The Labute approximate surface area is 241 Å². The zero-order chi connectivity index (χ0) is 31.2. The van der Waals surface area contributed by atoms with Crippen LogP contribution < -0.4 is 20.7 Å². The minimum absolute atomic E-state index is 0.0364. The second kappa shape index (κ2) is 21.5. The van der Waals surface area contributed by atoms with E-state index in [1.807, 2.05) is 0 Å². The van der Waals surface area contributed by atoms with E-state index in [0.717, 1.165) is 0 Å². The van der Waals surface area contributed by atoms with E-state index in [9.17, 15) is 34.1 Å². The molecule has 0 aliphatic rings. The van der Waals surface area contributed by atoms with Gasteiger partial charge in [0.1, 0.15) is 25.0 Å². The summed E-state index contributed by atoms with van der Waals surface area (Å²) in [6.45, 7) is 2.15. The monoisotopic (exact) mass is 600 g/mol. The highest BCUT2D eigenvalue weighted by Gasteiger charge is 2.19. The predicted octanol–water partition coefficient (Wildman–Crippen LogP) is -0.831. The van der Waals surface area contributed by atoms with Gasteiger partial charge < -0.3 is 44.7 Å². The summed E-state index contributed by atoms with van der Waals surface area (Å²) in [5.41, 5.74) is -0.121. The zero-order valence-electron chi connectivity index (χ0n) is 23.2. The molecule has 1 atom stereocenters. The van der Waals surface area contributed by atoms with Crippen LogP contribution in [0.3, 0.4) is 0 Å². The molecule has 17 nitrogen and oxygen atoms in total. The molecule has 42 heavy (non-hydrogen) atoms. The lowest BCUT2D eigenvalue weighted by molar-refractivity contribution is -0.384. The molecule has 0 fully saturated rings. The summed E-state index contributed by atoms with van der Waals surface area (Å²) in [6.07, 6.45) is -0.107. The maximum atomic E-state index is 11.8. The number of carboxylic acids is 1. The van der Waals surface area contributed by atoms with Gasteiger partial charge in [-0.25, -0.2) is 9.59 Å². The Balaban J connectivity index is 1.92. The van der Waals surface area contributed by atoms with Crippen molar-refractivity contribution >= 4 is 35.3 Å². The summed E-state index contributed by atoms with van der Waals surface area (Å²) in [5.74, 6) is -2.94. The van der Waals surface area contributed by atoms with Crippen LogP contribution in [0.4, 0.5) is 5.69 Å². The Morgan fingerprint density at radius 2 is 1.38 bits per heavy atom. The number of hydrogen-bond donors (Lipinski definition) is 4. The molecule has 0 saturated carbocycles. The summed E-state index contributed by atoms with van der Waals surface area (Å²) < 4.78 is 25.9.